The molecular formula is C22H28F3IN4S. The number of nitrogens with zero attached hydrogens (tertiary/aromatic N) is 4. The van der Waals surface area contributed by atoms with Gasteiger partial charge in [0.2, 0.25) is 0 Å². The predicted octanol–water partition coefficient (Wildman–Crippen LogP) is 5.69. The number of hydrogen-bond donors (Lipinski definition) is 0. The summed E-state index contributed by atoms with van der Waals surface area (Å²) in [5, 5.41) is 0.772. The SMILES string of the molecule is FC(F)(F)Cc1cc2c(N3CCC4(CCN(CC5CCC(I)CC5)C4)C3)ncnc2s1. The number of alkyl halides is 4. The molecule has 3 fully saturated rings. The number of likely N-dealkylation sites (tertiary alicyclic amines) is 1. The van der Waals surface area contributed by atoms with Crippen LogP contribution in [-0.4, -0.2) is 57.7 Å². The molecule has 0 aromatic carbocycles. The van der Waals surface area contributed by atoms with Crippen molar-refractivity contribution in [2.45, 2.75) is 55.0 Å². The molecule has 2 aliphatic heterocycles. The van der Waals surface area contributed by atoms with Crippen LogP contribution in [0.15, 0.2) is 12.4 Å². The molecule has 2 aromatic rings. The first-order valence-corrected chi connectivity index (χ1v) is 13.3. The Labute approximate surface area is 198 Å². The quantitative estimate of drug-likeness (QED) is 0.353. The Bertz CT molecular complexity index is 927. The Kier molecular flexibility index (Phi) is 6.13. The summed E-state index contributed by atoms with van der Waals surface area (Å²) in [5.41, 5.74) is 0.294. The van der Waals surface area contributed by atoms with Gasteiger partial charge in [0.05, 0.1) is 11.8 Å². The Morgan fingerprint density at radius 2 is 1.87 bits per heavy atom. The van der Waals surface area contributed by atoms with Gasteiger partial charge in [0, 0.05) is 40.4 Å². The van der Waals surface area contributed by atoms with Crippen LogP contribution in [0.3, 0.4) is 0 Å². The molecule has 1 atom stereocenters. The Balaban J connectivity index is 1.26. The smallest absolute Gasteiger partial charge is 0.355 e. The van der Waals surface area contributed by atoms with Gasteiger partial charge in [-0.1, -0.05) is 22.6 Å². The van der Waals surface area contributed by atoms with Gasteiger partial charge in [0.1, 0.15) is 17.0 Å². The summed E-state index contributed by atoms with van der Waals surface area (Å²) in [6.07, 6.45) is 4.19. The molecule has 9 heteroatoms. The van der Waals surface area contributed by atoms with Crippen LogP contribution < -0.4 is 4.90 Å². The summed E-state index contributed by atoms with van der Waals surface area (Å²) in [6.45, 7) is 5.41. The monoisotopic (exact) mass is 564 g/mol. The highest BCUT2D eigenvalue weighted by atomic mass is 127. The molecule has 1 saturated carbocycles. The molecule has 1 unspecified atom stereocenters. The molecule has 1 aliphatic carbocycles. The van der Waals surface area contributed by atoms with Crippen LogP contribution in [0.2, 0.25) is 0 Å². The number of hydrogen-bond acceptors (Lipinski definition) is 5. The van der Waals surface area contributed by atoms with Gasteiger partial charge in [0.15, 0.2) is 0 Å². The van der Waals surface area contributed by atoms with E-state index in [0.29, 0.717) is 15.1 Å². The zero-order valence-electron chi connectivity index (χ0n) is 17.5. The predicted molar refractivity (Wildman–Crippen MR) is 127 cm³/mol. The average molecular weight is 564 g/mol. The number of aromatic nitrogens is 2. The van der Waals surface area contributed by atoms with Gasteiger partial charge >= 0.3 is 6.18 Å². The fourth-order valence-corrected chi connectivity index (χ4v) is 7.47. The van der Waals surface area contributed by atoms with Crippen molar-refractivity contribution in [3.05, 3.63) is 17.3 Å². The van der Waals surface area contributed by atoms with Gasteiger partial charge < -0.3 is 9.80 Å². The van der Waals surface area contributed by atoms with E-state index in [1.54, 1.807) is 6.07 Å². The number of thiophene rings is 1. The first kappa shape index (κ1) is 22.1. The van der Waals surface area contributed by atoms with Crippen LogP contribution in [0.25, 0.3) is 10.2 Å². The van der Waals surface area contributed by atoms with E-state index in [2.05, 4.69) is 42.4 Å². The van der Waals surface area contributed by atoms with Gasteiger partial charge in [0.25, 0.3) is 0 Å². The van der Waals surface area contributed by atoms with E-state index in [-0.39, 0.29) is 0 Å². The lowest BCUT2D eigenvalue weighted by atomic mass is 9.86. The molecular weight excluding hydrogens is 536 g/mol. The molecule has 3 aliphatic rings. The van der Waals surface area contributed by atoms with Gasteiger partial charge in [-0.25, -0.2) is 9.97 Å². The summed E-state index contributed by atoms with van der Waals surface area (Å²) in [4.78, 5) is 14.7. The maximum Gasteiger partial charge on any atom is 0.393 e. The van der Waals surface area contributed by atoms with Crippen molar-refractivity contribution < 1.29 is 13.2 Å². The largest absolute Gasteiger partial charge is 0.393 e. The molecule has 0 N–H and O–H groups in total. The molecule has 4 nitrogen and oxygen atoms in total. The third kappa shape index (κ3) is 4.98. The third-order valence-electron chi connectivity index (χ3n) is 7.28. The first-order valence-electron chi connectivity index (χ1n) is 11.2. The molecule has 31 heavy (non-hydrogen) atoms. The van der Waals surface area contributed by atoms with Crippen LogP contribution >= 0.6 is 33.9 Å². The second-order valence-corrected chi connectivity index (χ2v) is 12.6. The maximum atomic E-state index is 12.9. The van der Waals surface area contributed by atoms with Crippen LogP contribution in [0, 0.1) is 11.3 Å². The number of anilines is 1. The van der Waals surface area contributed by atoms with Crippen molar-refractivity contribution in [1.82, 2.24) is 14.9 Å². The first-order chi connectivity index (χ1) is 14.8. The second kappa shape index (κ2) is 8.59. The van der Waals surface area contributed by atoms with E-state index in [1.165, 1.54) is 51.5 Å². The molecule has 1 spiro atoms. The summed E-state index contributed by atoms with van der Waals surface area (Å²) in [6, 6.07) is 1.65. The van der Waals surface area contributed by atoms with Crippen molar-refractivity contribution in [3.63, 3.8) is 0 Å². The lowest BCUT2D eigenvalue weighted by Gasteiger charge is -2.30. The molecule has 2 saturated heterocycles. The highest BCUT2D eigenvalue weighted by Gasteiger charge is 2.44. The Hall–Kier alpha value is -0.680. The Morgan fingerprint density at radius 3 is 2.65 bits per heavy atom. The minimum Gasteiger partial charge on any atom is -0.355 e. The second-order valence-electron chi connectivity index (χ2n) is 9.70. The third-order valence-corrected chi connectivity index (χ3v) is 9.57. The van der Waals surface area contributed by atoms with E-state index in [4.69, 9.17) is 0 Å². The molecule has 0 radical (unpaired) electrons. The maximum absolute atomic E-state index is 12.9. The van der Waals surface area contributed by atoms with E-state index in [0.717, 1.165) is 58.4 Å². The highest BCUT2D eigenvalue weighted by Crippen LogP contribution is 2.43. The zero-order valence-corrected chi connectivity index (χ0v) is 20.5. The summed E-state index contributed by atoms with van der Waals surface area (Å²) < 4.78 is 39.4. The van der Waals surface area contributed by atoms with Crippen LogP contribution in [0.4, 0.5) is 19.0 Å². The van der Waals surface area contributed by atoms with Crippen LogP contribution in [0.5, 0.6) is 0 Å². The summed E-state index contributed by atoms with van der Waals surface area (Å²) >= 11 is 3.73. The van der Waals surface area contributed by atoms with Crippen molar-refractivity contribution in [3.8, 4) is 0 Å². The topological polar surface area (TPSA) is 32.3 Å². The molecule has 5 rings (SSSR count). The number of halogens is 4. The minimum atomic E-state index is -4.20. The lowest BCUT2D eigenvalue weighted by molar-refractivity contribution is -0.126. The minimum absolute atomic E-state index is 0.294. The Morgan fingerprint density at radius 1 is 1.10 bits per heavy atom. The fourth-order valence-electron chi connectivity index (χ4n) is 5.73. The molecule has 170 valence electrons. The van der Waals surface area contributed by atoms with Crippen molar-refractivity contribution in [1.29, 1.82) is 0 Å². The summed E-state index contributed by atoms with van der Waals surface area (Å²) in [5.74, 6) is 1.66. The highest BCUT2D eigenvalue weighted by molar-refractivity contribution is 14.1. The van der Waals surface area contributed by atoms with Crippen molar-refractivity contribution in [2.24, 2.45) is 11.3 Å². The number of fused-ring (bicyclic) bond motifs is 1. The van der Waals surface area contributed by atoms with E-state index >= 15 is 0 Å². The van der Waals surface area contributed by atoms with Crippen molar-refractivity contribution in [2.75, 3.05) is 37.6 Å². The molecule has 4 heterocycles. The van der Waals surface area contributed by atoms with Gasteiger partial charge in [-0.3, -0.25) is 0 Å². The van der Waals surface area contributed by atoms with Gasteiger partial charge in [-0.05, 0) is 57.1 Å². The average Bonchev–Trinajstić information content (AvgIpc) is 3.41. The zero-order chi connectivity index (χ0) is 21.6. The van der Waals surface area contributed by atoms with Crippen molar-refractivity contribution >= 4 is 50.0 Å². The van der Waals surface area contributed by atoms with Crippen LogP contribution in [-0.2, 0) is 6.42 Å². The lowest BCUT2D eigenvalue weighted by Crippen LogP contribution is -2.34. The van der Waals surface area contributed by atoms with Gasteiger partial charge in [-0.2, -0.15) is 13.2 Å². The van der Waals surface area contributed by atoms with E-state index < -0.39 is 12.6 Å². The normalized spacial score (nSPS) is 30.1. The number of rotatable bonds is 4. The molecule has 0 bridgehead atoms. The molecule has 2 aromatic heterocycles. The van der Waals surface area contributed by atoms with Gasteiger partial charge in [-0.15, -0.1) is 11.3 Å². The van der Waals surface area contributed by atoms with Crippen LogP contribution in [0.1, 0.15) is 43.4 Å². The molecule has 0 amide bonds. The van der Waals surface area contributed by atoms with E-state index in [1.807, 2.05) is 0 Å². The standard InChI is InChI=1S/C22H28F3IN4S/c23-22(24,25)10-17-9-18-19(27-14-28-20(18)31-17)30-8-6-21(13-30)5-7-29(12-21)11-15-1-3-16(26)4-2-15/h9,14-16H,1-8,10-13H2. The summed E-state index contributed by atoms with van der Waals surface area (Å²) in [7, 11) is 0. The fraction of sp³-hybridized carbons (Fsp3) is 0.727. The van der Waals surface area contributed by atoms with E-state index in [9.17, 15) is 13.2 Å².